The highest BCUT2D eigenvalue weighted by molar-refractivity contribution is 9.11. The Morgan fingerprint density at radius 3 is 2.67 bits per heavy atom. The Morgan fingerprint density at radius 1 is 1.15 bits per heavy atom. The molecule has 0 N–H and O–H groups in total. The van der Waals surface area contributed by atoms with Crippen LogP contribution in [0.2, 0.25) is 10.0 Å². The number of hydrogen-bond acceptors (Lipinski definition) is 4. The third-order valence-corrected chi connectivity index (χ3v) is 5.52. The Kier molecular flexibility index (Phi) is 6.52. The number of ether oxygens (including phenoxy) is 2. The monoisotopic (exact) mass is 532 g/mol. The second-order valence-corrected chi connectivity index (χ2v) is 7.97. The molecule has 0 unspecified atom stereocenters. The molecule has 4 nitrogen and oxygen atoms in total. The predicted octanol–water partition coefficient (Wildman–Crippen LogP) is 7.14. The summed E-state index contributed by atoms with van der Waals surface area (Å²) in [5.74, 6) is 0.875. The van der Waals surface area contributed by atoms with E-state index in [2.05, 4.69) is 31.9 Å². The molecule has 2 aromatic carbocycles. The van der Waals surface area contributed by atoms with Crippen molar-refractivity contribution in [1.29, 1.82) is 0 Å². The van der Waals surface area contributed by atoms with Crippen molar-refractivity contribution < 1.29 is 18.7 Å². The van der Waals surface area contributed by atoms with E-state index in [1.807, 2.05) is 0 Å². The van der Waals surface area contributed by atoms with Gasteiger partial charge in [0.15, 0.2) is 0 Å². The Balaban J connectivity index is 1.76. The van der Waals surface area contributed by atoms with E-state index in [0.717, 1.165) is 4.47 Å². The number of hydrogen-bond donors (Lipinski definition) is 0. The van der Waals surface area contributed by atoms with Crippen LogP contribution in [0.1, 0.15) is 16.1 Å². The summed E-state index contributed by atoms with van der Waals surface area (Å²) >= 11 is 18.9. The largest absolute Gasteiger partial charge is 0.495 e. The van der Waals surface area contributed by atoms with Crippen molar-refractivity contribution in [1.82, 2.24) is 0 Å². The van der Waals surface area contributed by atoms with E-state index in [9.17, 15) is 4.79 Å². The first-order valence-electron chi connectivity index (χ1n) is 7.64. The second-order valence-electron chi connectivity index (χ2n) is 5.41. The van der Waals surface area contributed by atoms with Gasteiger partial charge in [0, 0.05) is 10.0 Å². The van der Waals surface area contributed by atoms with Crippen LogP contribution < -0.4 is 4.74 Å². The standard InChI is InChI=1S/C19H12Br2Cl2O4/c1-25-18-13(7-10(20)8-14(18)21)19(24)26-9-11-5-6-16(27-11)12-3-2-4-15(22)17(12)23/h2-8H,9H2,1H3. The summed E-state index contributed by atoms with van der Waals surface area (Å²) in [6.45, 7) is -0.0374. The van der Waals surface area contributed by atoms with Crippen LogP contribution in [-0.2, 0) is 11.3 Å². The number of esters is 1. The molecular formula is C19H12Br2Cl2O4. The zero-order valence-electron chi connectivity index (χ0n) is 13.9. The van der Waals surface area contributed by atoms with Gasteiger partial charge in [-0.1, -0.05) is 45.2 Å². The number of carbonyl (C=O) groups is 1. The molecule has 3 rings (SSSR count). The van der Waals surface area contributed by atoms with Gasteiger partial charge in [-0.2, -0.15) is 0 Å². The summed E-state index contributed by atoms with van der Waals surface area (Å²) in [5, 5.41) is 0.839. The molecule has 0 aliphatic heterocycles. The minimum atomic E-state index is -0.535. The van der Waals surface area contributed by atoms with Gasteiger partial charge >= 0.3 is 5.97 Å². The van der Waals surface area contributed by atoms with Gasteiger partial charge in [0.2, 0.25) is 0 Å². The minimum Gasteiger partial charge on any atom is -0.495 e. The zero-order valence-corrected chi connectivity index (χ0v) is 18.6. The summed E-state index contributed by atoms with van der Waals surface area (Å²) in [5.41, 5.74) is 0.961. The summed E-state index contributed by atoms with van der Waals surface area (Å²) < 4.78 is 17.7. The molecule has 0 spiro atoms. The molecule has 3 aromatic rings. The van der Waals surface area contributed by atoms with Crippen molar-refractivity contribution in [3.8, 4) is 17.1 Å². The molecule has 1 heterocycles. The molecule has 140 valence electrons. The Bertz CT molecular complexity index is 1000. The van der Waals surface area contributed by atoms with E-state index in [0.29, 0.717) is 42.9 Å². The fraction of sp³-hybridized carbons (Fsp3) is 0.105. The first-order chi connectivity index (χ1) is 12.9. The molecule has 8 heteroatoms. The number of rotatable bonds is 5. The molecule has 1 aromatic heterocycles. The molecule has 0 saturated carbocycles. The van der Waals surface area contributed by atoms with Crippen molar-refractivity contribution >= 4 is 61.0 Å². The average Bonchev–Trinajstić information content (AvgIpc) is 3.10. The predicted molar refractivity (Wildman–Crippen MR) is 112 cm³/mol. The Labute approximate surface area is 182 Å². The van der Waals surface area contributed by atoms with Gasteiger partial charge in [-0.15, -0.1) is 0 Å². The van der Waals surface area contributed by atoms with Gasteiger partial charge in [0.1, 0.15) is 29.4 Å². The first kappa shape index (κ1) is 20.3. The SMILES string of the molecule is COc1c(Br)cc(Br)cc1C(=O)OCc1ccc(-c2cccc(Cl)c2Cl)o1. The molecule has 0 radical (unpaired) electrons. The normalized spacial score (nSPS) is 10.7. The van der Waals surface area contributed by atoms with E-state index in [1.165, 1.54) is 7.11 Å². The number of methoxy groups -OCH3 is 1. The van der Waals surface area contributed by atoms with Crippen LogP contribution in [0.5, 0.6) is 5.75 Å². The van der Waals surface area contributed by atoms with Gasteiger partial charge in [0.25, 0.3) is 0 Å². The lowest BCUT2D eigenvalue weighted by Gasteiger charge is -2.10. The van der Waals surface area contributed by atoms with E-state index in [4.69, 9.17) is 37.1 Å². The van der Waals surface area contributed by atoms with E-state index in [1.54, 1.807) is 42.5 Å². The van der Waals surface area contributed by atoms with Gasteiger partial charge in [-0.05, 0) is 52.3 Å². The zero-order chi connectivity index (χ0) is 19.6. The molecule has 0 bridgehead atoms. The van der Waals surface area contributed by atoms with Crippen molar-refractivity contribution in [3.63, 3.8) is 0 Å². The highest BCUT2D eigenvalue weighted by Gasteiger charge is 2.19. The fourth-order valence-corrected chi connectivity index (χ4v) is 4.21. The molecule has 0 saturated heterocycles. The minimum absolute atomic E-state index is 0.0374. The number of carbonyl (C=O) groups excluding carboxylic acids is 1. The molecule has 0 atom stereocenters. The van der Waals surface area contributed by atoms with Crippen molar-refractivity contribution in [2.45, 2.75) is 6.61 Å². The van der Waals surface area contributed by atoms with Crippen LogP contribution in [0.25, 0.3) is 11.3 Å². The number of halogens is 4. The van der Waals surface area contributed by atoms with E-state index < -0.39 is 5.97 Å². The molecule has 0 fully saturated rings. The van der Waals surface area contributed by atoms with Crippen LogP contribution in [-0.4, -0.2) is 13.1 Å². The van der Waals surface area contributed by atoms with Crippen molar-refractivity contribution in [2.75, 3.05) is 7.11 Å². The summed E-state index contributed by atoms with van der Waals surface area (Å²) in [6.07, 6.45) is 0. The molecule has 0 aliphatic carbocycles. The lowest BCUT2D eigenvalue weighted by atomic mass is 10.2. The van der Waals surface area contributed by atoms with Gasteiger partial charge in [-0.25, -0.2) is 4.79 Å². The maximum absolute atomic E-state index is 12.5. The maximum atomic E-state index is 12.5. The van der Waals surface area contributed by atoms with Crippen molar-refractivity contribution in [3.05, 3.63) is 72.8 Å². The van der Waals surface area contributed by atoms with Gasteiger partial charge < -0.3 is 13.9 Å². The molecule has 27 heavy (non-hydrogen) atoms. The Morgan fingerprint density at radius 2 is 1.93 bits per heavy atom. The fourth-order valence-electron chi connectivity index (χ4n) is 2.43. The van der Waals surface area contributed by atoms with Crippen LogP contribution in [0, 0.1) is 0 Å². The molecular weight excluding hydrogens is 523 g/mol. The second kappa shape index (κ2) is 8.69. The smallest absolute Gasteiger partial charge is 0.342 e. The molecule has 0 amide bonds. The average molecular weight is 535 g/mol. The maximum Gasteiger partial charge on any atom is 0.342 e. The van der Waals surface area contributed by atoms with Gasteiger partial charge in [0.05, 0.1) is 21.6 Å². The first-order valence-corrected chi connectivity index (χ1v) is 9.98. The van der Waals surface area contributed by atoms with E-state index >= 15 is 0 Å². The lowest BCUT2D eigenvalue weighted by molar-refractivity contribution is 0.0442. The third-order valence-electron chi connectivity index (χ3n) is 3.66. The third kappa shape index (κ3) is 4.51. The highest BCUT2D eigenvalue weighted by atomic mass is 79.9. The number of benzene rings is 2. The Hall–Kier alpha value is -1.47. The lowest BCUT2D eigenvalue weighted by Crippen LogP contribution is -2.07. The van der Waals surface area contributed by atoms with Crippen LogP contribution in [0.3, 0.4) is 0 Å². The molecule has 0 aliphatic rings. The number of furan rings is 1. The van der Waals surface area contributed by atoms with Gasteiger partial charge in [-0.3, -0.25) is 0 Å². The van der Waals surface area contributed by atoms with Crippen LogP contribution >= 0.6 is 55.1 Å². The summed E-state index contributed by atoms with van der Waals surface area (Å²) in [4.78, 5) is 12.5. The van der Waals surface area contributed by atoms with Crippen LogP contribution in [0.15, 0.2) is 55.8 Å². The van der Waals surface area contributed by atoms with Crippen LogP contribution in [0.4, 0.5) is 0 Å². The van der Waals surface area contributed by atoms with Crippen molar-refractivity contribution in [2.24, 2.45) is 0 Å². The van der Waals surface area contributed by atoms with E-state index in [-0.39, 0.29) is 6.61 Å². The summed E-state index contributed by atoms with van der Waals surface area (Å²) in [7, 11) is 1.48. The topological polar surface area (TPSA) is 48.7 Å². The highest BCUT2D eigenvalue weighted by Crippen LogP contribution is 2.35. The quantitative estimate of drug-likeness (QED) is 0.326. The summed E-state index contributed by atoms with van der Waals surface area (Å²) in [6, 6.07) is 12.2.